The van der Waals surface area contributed by atoms with Gasteiger partial charge in [-0.2, -0.15) is 0 Å². The largest absolute Gasteiger partial charge is 0.497 e. The summed E-state index contributed by atoms with van der Waals surface area (Å²) < 4.78 is 10.4. The van der Waals surface area contributed by atoms with Crippen molar-refractivity contribution in [3.05, 3.63) is 23.8 Å². The van der Waals surface area contributed by atoms with Crippen molar-refractivity contribution in [1.82, 2.24) is 15.1 Å². The maximum atomic E-state index is 12.7. The molecule has 1 aliphatic rings. The fourth-order valence-electron chi connectivity index (χ4n) is 2.66. The summed E-state index contributed by atoms with van der Waals surface area (Å²) in [6.45, 7) is 2.86. The van der Waals surface area contributed by atoms with Gasteiger partial charge >= 0.3 is 0 Å². The van der Waals surface area contributed by atoms with Crippen LogP contribution in [-0.2, 0) is 4.79 Å². The molecule has 132 valence electrons. The van der Waals surface area contributed by atoms with Crippen LogP contribution in [0.1, 0.15) is 16.8 Å². The maximum Gasteiger partial charge on any atom is 0.254 e. The number of benzene rings is 1. The van der Waals surface area contributed by atoms with E-state index in [4.69, 9.17) is 9.47 Å². The van der Waals surface area contributed by atoms with Gasteiger partial charge in [-0.15, -0.1) is 0 Å². The van der Waals surface area contributed by atoms with E-state index < -0.39 is 0 Å². The SMILES string of the molecule is CNCCC(=O)N1CCN(C(=O)c2cc(OC)cc(OC)c2)CC1. The number of hydrogen-bond acceptors (Lipinski definition) is 5. The van der Waals surface area contributed by atoms with Gasteiger partial charge in [0, 0.05) is 50.8 Å². The standard InChI is InChI=1S/C17H25N3O4/c1-18-5-4-16(21)19-6-8-20(9-7-19)17(22)13-10-14(23-2)12-15(11-13)24-3/h10-12,18H,4-9H2,1-3H3. The number of rotatable bonds is 6. The van der Waals surface area contributed by atoms with Gasteiger partial charge in [0.1, 0.15) is 11.5 Å². The quantitative estimate of drug-likeness (QED) is 0.824. The van der Waals surface area contributed by atoms with Crippen LogP contribution >= 0.6 is 0 Å². The van der Waals surface area contributed by atoms with E-state index in [1.807, 2.05) is 11.9 Å². The summed E-state index contributed by atoms with van der Waals surface area (Å²) in [5.74, 6) is 1.21. The molecule has 2 rings (SSSR count). The van der Waals surface area contributed by atoms with Crippen molar-refractivity contribution in [1.29, 1.82) is 0 Å². The molecule has 1 aromatic rings. The molecule has 0 saturated carbocycles. The predicted octanol–water partition coefficient (Wildman–Crippen LogP) is 0.598. The van der Waals surface area contributed by atoms with Crippen LogP contribution in [0.5, 0.6) is 11.5 Å². The first-order valence-electron chi connectivity index (χ1n) is 8.03. The second-order valence-electron chi connectivity index (χ2n) is 5.63. The van der Waals surface area contributed by atoms with E-state index in [1.54, 1.807) is 37.3 Å². The molecule has 1 aromatic carbocycles. The van der Waals surface area contributed by atoms with Gasteiger partial charge in [0.2, 0.25) is 5.91 Å². The van der Waals surface area contributed by atoms with E-state index in [-0.39, 0.29) is 11.8 Å². The van der Waals surface area contributed by atoms with E-state index in [0.717, 1.165) is 0 Å². The Morgan fingerprint density at radius 1 is 1.00 bits per heavy atom. The smallest absolute Gasteiger partial charge is 0.254 e. The number of methoxy groups -OCH3 is 2. The van der Waals surface area contributed by atoms with Gasteiger partial charge < -0.3 is 24.6 Å². The average Bonchev–Trinajstić information content (AvgIpc) is 2.65. The predicted molar refractivity (Wildman–Crippen MR) is 90.6 cm³/mol. The molecule has 0 radical (unpaired) electrons. The third-order valence-corrected chi connectivity index (χ3v) is 4.11. The Bertz CT molecular complexity index is 561. The number of nitrogens with zero attached hydrogens (tertiary/aromatic N) is 2. The van der Waals surface area contributed by atoms with Gasteiger partial charge in [0.15, 0.2) is 0 Å². The first-order chi connectivity index (χ1) is 11.6. The van der Waals surface area contributed by atoms with E-state index in [1.165, 1.54) is 0 Å². The Labute approximate surface area is 142 Å². The first-order valence-corrected chi connectivity index (χ1v) is 8.03. The molecule has 0 unspecified atom stereocenters. The minimum absolute atomic E-state index is 0.0745. The molecule has 24 heavy (non-hydrogen) atoms. The van der Waals surface area contributed by atoms with Gasteiger partial charge in [0.05, 0.1) is 14.2 Å². The van der Waals surface area contributed by atoms with Gasteiger partial charge in [-0.1, -0.05) is 0 Å². The summed E-state index contributed by atoms with van der Waals surface area (Å²) in [4.78, 5) is 28.3. The average molecular weight is 335 g/mol. The van der Waals surface area contributed by atoms with Crippen LogP contribution in [0, 0.1) is 0 Å². The number of carbonyl (C=O) groups is 2. The second-order valence-corrected chi connectivity index (χ2v) is 5.63. The molecule has 7 nitrogen and oxygen atoms in total. The highest BCUT2D eigenvalue weighted by atomic mass is 16.5. The Morgan fingerprint density at radius 2 is 1.54 bits per heavy atom. The Morgan fingerprint density at radius 3 is 2.04 bits per heavy atom. The Balaban J connectivity index is 1.99. The molecule has 1 saturated heterocycles. The number of piperazine rings is 1. The number of hydrogen-bond donors (Lipinski definition) is 1. The van der Waals surface area contributed by atoms with Crippen molar-refractivity contribution in [2.75, 3.05) is 54.0 Å². The monoisotopic (exact) mass is 335 g/mol. The summed E-state index contributed by atoms with van der Waals surface area (Å²) in [6, 6.07) is 5.14. The summed E-state index contributed by atoms with van der Waals surface area (Å²) in [7, 11) is 4.93. The van der Waals surface area contributed by atoms with Gasteiger partial charge in [0.25, 0.3) is 5.91 Å². The van der Waals surface area contributed by atoms with E-state index >= 15 is 0 Å². The molecule has 1 aliphatic heterocycles. The summed E-state index contributed by atoms with van der Waals surface area (Å²) in [6.07, 6.45) is 0.484. The Hall–Kier alpha value is -2.28. The van der Waals surface area contributed by atoms with Gasteiger partial charge in [-0.05, 0) is 19.2 Å². The zero-order valence-corrected chi connectivity index (χ0v) is 14.5. The van der Waals surface area contributed by atoms with Crippen LogP contribution in [-0.4, -0.2) is 75.6 Å². The number of ether oxygens (including phenoxy) is 2. The minimum atomic E-state index is -0.0745. The number of carbonyl (C=O) groups excluding carboxylic acids is 2. The highest BCUT2D eigenvalue weighted by molar-refractivity contribution is 5.95. The molecule has 7 heteroatoms. The van der Waals surface area contributed by atoms with Crippen LogP contribution in [0.15, 0.2) is 18.2 Å². The summed E-state index contributed by atoms with van der Waals surface area (Å²) in [5, 5.41) is 2.97. The molecular formula is C17H25N3O4. The molecule has 0 spiro atoms. The number of amides is 2. The molecule has 1 fully saturated rings. The summed E-state index contributed by atoms with van der Waals surface area (Å²) >= 11 is 0. The maximum absolute atomic E-state index is 12.7. The van der Waals surface area contributed by atoms with Crippen molar-refractivity contribution in [3.8, 4) is 11.5 Å². The minimum Gasteiger partial charge on any atom is -0.497 e. The molecule has 1 heterocycles. The number of nitrogens with one attached hydrogen (secondary N) is 1. The van der Waals surface area contributed by atoms with Crippen LogP contribution < -0.4 is 14.8 Å². The second kappa shape index (κ2) is 8.54. The molecular weight excluding hydrogens is 310 g/mol. The van der Waals surface area contributed by atoms with Crippen LogP contribution in [0.4, 0.5) is 0 Å². The lowest BCUT2D eigenvalue weighted by Gasteiger charge is -2.35. The third-order valence-electron chi connectivity index (χ3n) is 4.11. The van der Waals surface area contributed by atoms with Crippen molar-refractivity contribution < 1.29 is 19.1 Å². The van der Waals surface area contributed by atoms with Crippen LogP contribution in [0.25, 0.3) is 0 Å². The van der Waals surface area contributed by atoms with Crippen LogP contribution in [0.2, 0.25) is 0 Å². The molecule has 0 aliphatic carbocycles. The fourth-order valence-corrected chi connectivity index (χ4v) is 2.66. The first kappa shape index (κ1) is 18.1. The lowest BCUT2D eigenvalue weighted by molar-refractivity contribution is -0.132. The van der Waals surface area contributed by atoms with Crippen molar-refractivity contribution in [3.63, 3.8) is 0 Å². The van der Waals surface area contributed by atoms with E-state index in [2.05, 4.69) is 5.32 Å². The molecule has 0 aromatic heterocycles. The molecule has 0 bridgehead atoms. The highest BCUT2D eigenvalue weighted by Gasteiger charge is 2.25. The van der Waals surface area contributed by atoms with Crippen molar-refractivity contribution in [2.24, 2.45) is 0 Å². The zero-order chi connectivity index (χ0) is 17.5. The molecule has 0 atom stereocenters. The fraction of sp³-hybridized carbons (Fsp3) is 0.529. The lowest BCUT2D eigenvalue weighted by atomic mass is 10.1. The third kappa shape index (κ3) is 4.38. The topological polar surface area (TPSA) is 71.1 Å². The van der Waals surface area contributed by atoms with Crippen molar-refractivity contribution >= 4 is 11.8 Å². The zero-order valence-electron chi connectivity index (χ0n) is 14.5. The molecule has 2 amide bonds. The van der Waals surface area contributed by atoms with E-state index in [0.29, 0.717) is 56.2 Å². The Kier molecular flexibility index (Phi) is 6.43. The van der Waals surface area contributed by atoms with Crippen LogP contribution in [0.3, 0.4) is 0 Å². The van der Waals surface area contributed by atoms with E-state index in [9.17, 15) is 9.59 Å². The highest BCUT2D eigenvalue weighted by Crippen LogP contribution is 2.23. The lowest BCUT2D eigenvalue weighted by Crippen LogP contribution is -2.50. The van der Waals surface area contributed by atoms with Crippen molar-refractivity contribution in [2.45, 2.75) is 6.42 Å². The molecule has 1 N–H and O–H groups in total. The normalized spacial score (nSPS) is 14.5. The van der Waals surface area contributed by atoms with Gasteiger partial charge in [-0.25, -0.2) is 0 Å². The summed E-state index contributed by atoms with van der Waals surface area (Å²) in [5.41, 5.74) is 0.529. The van der Waals surface area contributed by atoms with Gasteiger partial charge in [-0.3, -0.25) is 9.59 Å².